The second kappa shape index (κ2) is 23.5. The predicted octanol–water partition coefficient (Wildman–Crippen LogP) is 12.4. The van der Waals surface area contributed by atoms with Gasteiger partial charge in [0.05, 0.1) is 37.4 Å². The van der Waals surface area contributed by atoms with Crippen molar-refractivity contribution in [3.63, 3.8) is 0 Å². The molecule has 1 aliphatic rings. The van der Waals surface area contributed by atoms with Crippen LogP contribution >= 0.6 is 0 Å². The molecule has 1 fully saturated rings. The number of rotatable bonds is 20. The minimum absolute atomic E-state index is 0.101. The summed E-state index contributed by atoms with van der Waals surface area (Å²) in [6.07, 6.45) is 6.41. The lowest BCUT2D eigenvalue weighted by atomic mass is 9.88. The monoisotopic (exact) mass is 938 g/mol. The maximum atomic E-state index is 14.6. The SMILES string of the molecule is COc1cc(C(=O)Nc2ccc(C(=O)N(Cc3ccc4ccccc4c3)CC3CCCCC3)cc2OCc2ccccc2)ccc1NC(=O)c1ccc(N)c(OCCc2ccc(OCC(C)C)cc2)c1. The Morgan fingerprint density at radius 3 is 1.96 bits per heavy atom. The van der Waals surface area contributed by atoms with Crippen LogP contribution in [0.5, 0.6) is 23.0 Å². The van der Waals surface area contributed by atoms with E-state index in [2.05, 4.69) is 54.8 Å². The average Bonchev–Trinajstić information content (AvgIpc) is 3.38. The normalized spacial score (nSPS) is 12.6. The summed E-state index contributed by atoms with van der Waals surface area (Å²) in [6.45, 7) is 6.58. The Morgan fingerprint density at radius 2 is 1.24 bits per heavy atom. The van der Waals surface area contributed by atoms with Crippen LogP contribution in [0.2, 0.25) is 0 Å². The van der Waals surface area contributed by atoms with Gasteiger partial charge in [-0.05, 0) is 125 Å². The van der Waals surface area contributed by atoms with E-state index < -0.39 is 11.8 Å². The first kappa shape index (κ1) is 48.7. The number of hydrogen-bond acceptors (Lipinski definition) is 8. The molecule has 0 aromatic heterocycles. The summed E-state index contributed by atoms with van der Waals surface area (Å²) in [5, 5.41) is 8.20. The van der Waals surface area contributed by atoms with Gasteiger partial charge in [-0.3, -0.25) is 14.4 Å². The Morgan fingerprint density at radius 1 is 0.614 bits per heavy atom. The van der Waals surface area contributed by atoms with Crippen LogP contribution in [-0.4, -0.2) is 49.5 Å². The number of nitrogens with zero attached hydrogens (tertiary/aromatic N) is 1. The van der Waals surface area contributed by atoms with Gasteiger partial charge < -0.3 is 40.2 Å². The van der Waals surface area contributed by atoms with Crippen molar-refractivity contribution in [2.24, 2.45) is 11.8 Å². The number of fused-ring (bicyclic) bond motifs is 1. The molecule has 0 saturated heterocycles. The van der Waals surface area contributed by atoms with Crippen molar-refractivity contribution in [3.8, 4) is 23.0 Å². The molecule has 0 radical (unpaired) electrons. The lowest BCUT2D eigenvalue weighted by Gasteiger charge is -2.30. The van der Waals surface area contributed by atoms with Gasteiger partial charge in [-0.15, -0.1) is 0 Å². The van der Waals surface area contributed by atoms with Gasteiger partial charge in [0.15, 0.2) is 0 Å². The fourth-order valence-corrected chi connectivity index (χ4v) is 8.67. The Kier molecular flexibility index (Phi) is 16.3. The van der Waals surface area contributed by atoms with E-state index in [1.54, 1.807) is 54.6 Å². The smallest absolute Gasteiger partial charge is 0.255 e. The number of ether oxygens (including phenoxy) is 4. The molecule has 4 N–H and O–H groups in total. The van der Waals surface area contributed by atoms with Gasteiger partial charge in [-0.25, -0.2) is 0 Å². The molecular formula is C59H62N4O7. The number of carbonyl (C=O) groups is 3. The molecule has 7 aromatic rings. The van der Waals surface area contributed by atoms with Crippen molar-refractivity contribution >= 4 is 45.6 Å². The van der Waals surface area contributed by atoms with Crippen LogP contribution in [0.1, 0.15) is 93.7 Å². The number of carbonyl (C=O) groups excluding carboxylic acids is 3. The maximum Gasteiger partial charge on any atom is 0.255 e. The van der Waals surface area contributed by atoms with Crippen molar-refractivity contribution in [2.75, 3.05) is 43.2 Å². The zero-order valence-electron chi connectivity index (χ0n) is 40.2. The van der Waals surface area contributed by atoms with Crippen molar-refractivity contribution in [1.82, 2.24) is 4.90 Å². The standard InChI is InChI=1S/C59H62N4O7/c1-40(2)38-69-50-25-19-41(20-26-50)30-31-68-54-33-47(22-27-51(54)60)57(64)61-52-28-23-48(34-55(52)67-3)58(65)62-53-29-24-49(35-56(53)70-39-43-14-8-5-9-15-43)59(66)63(36-42-12-6-4-7-13-42)37-44-18-21-45-16-10-11-17-46(45)32-44/h5,8-11,14-29,32-35,40,42H,4,6-7,12-13,30-31,36-39,60H2,1-3H3,(H,61,64)(H,62,65). The lowest BCUT2D eigenvalue weighted by molar-refractivity contribution is 0.0698. The van der Waals surface area contributed by atoms with Crippen LogP contribution in [0.3, 0.4) is 0 Å². The van der Waals surface area contributed by atoms with Gasteiger partial charge in [0.2, 0.25) is 0 Å². The Labute approximate surface area is 410 Å². The van der Waals surface area contributed by atoms with Crippen LogP contribution < -0.4 is 35.3 Å². The molecule has 0 aliphatic heterocycles. The molecule has 0 unspecified atom stereocenters. The zero-order chi connectivity index (χ0) is 48.8. The highest BCUT2D eigenvalue weighted by atomic mass is 16.5. The molecule has 11 heteroatoms. The van der Waals surface area contributed by atoms with Crippen molar-refractivity contribution in [2.45, 2.75) is 65.5 Å². The molecule has 360 valence electrons. The zero-order valence-corrected chi connectivity index (χ0v) is 40.2. The second-order valence-corrected chi connectivity index (χ2v) is 18.4. The highest BCUT2D eigenvalue weighted by Crippen LogP contribution is 2.33. The Balaban J connectivity index is 0.958. The molecule has 1 saturated carbocycles. The lowest BCUT2D eigenvalue weighted by Crippen LogP contribution is -2.35. The number of benzene rings is 7. The summed E-state index contributed by atoms with van der Waals surface area (Å²) in [7, 11) is 1.47. The van der Waals surface area contributed by atoms with Crippen LogP contribution in [-0.2, 0) is 19.6 Å². The van der Waals surface area contributed by atoms with Gasteiger partial charge in [0.1, 0.15) is 29.6 Å². The molecule has 8 rings (SSSR count). The fourth-order valence-electron chi connectivity index (χ4n) is 8.67. The van der Waals surface area contributed by atoms with Crippen molar-refractivity contribution in [1.29, 1.82) is 0 Å². The van der Waals surface area contributed by atoms with E-state index in [1.807, 2.05) is 71.6 Å². The number of anilines is 3. The van der Waals surface area contributed by atoms with Crippen LogP contribution in [0.4, 0.5) is 17.1 Å². The van der Waals surface area contributed by atoms with E-state index in [0.29, 0.717) is 84.2 Å². The maximum absolute atomic E-state index is 14.6. The van der Waals surface area contributed by atoms with Crippen molar-refractivity contribution in [3.05, 3.63) is 185 Å². The third kappa shape index (κ3) is 13.0. The van der Waals surface area contributed by atoms with E-state index in [4.69, 9.17) is 24.7 Å². The number of hydrogen-bond donors (Lipinski definition) is 3. The number of nitrogen functional groups attached to an aromatic ring is 1. The van der Waals surface area contributed by atoms with Gasteiger partial charge >= 0.3 is 0 Å². The molecule has 7 aromatic carbocycles. The Hall–Kier alpha value is -7.79. The number of nitrogens with two attached hydrogens (primary N) is 1. The highest BCUT2D eigenvalue weighted by molar-refractivity contribution is 6.08. The molecule has 0 bridgehead atoms. The van der Waals surface area contributed by atoms with E-state index in [9.17, 15) is 14.4 Å². The fraction of sp³-hybridized carbons (Fsp3) is 0.271. The van der Waals surface area contributed by atoms with Gasteiger partial charge in [0, 0.05) is 36.2 Å². The molecule has 0 spiro atoms. The quantitative estimate of drug-likeness (QED) is 0.0642. The molecular weight excluding hydrogens is 877 g/mol. The summed E-state index contributed by atoms with van der Waals surface area (Å²) in [6, 6.07) is 47.1. The van der Waals surface area contributed by atoms with E-state index in [-0.39, 0.29) is 23.8 Å². The third-order valence-corrected chi connectivity index (χ3v) is 12.5. The first-order chi connectivity index (χ1) is 34.1. The average molecular weight is 939 g/mol. The van der Waals surface area contributed by atoms with Gasteiger partial charge in [-0.1, -0.05) is 112 Å². The molecule has 0 heterocycles. The summed E-state index contributed by atoms with van der Waals surface area (Å²) in [5.74, 6) is 1.76. The van der Waals surface area contributed by atoms with Gasteiger partial charge in [-0.2, -0.15) is 0 Å². The highest BCUT2D eigenvalue weighted by Gasteiger charge is 2.24. The number of methoxy groups -OCH3 is 1. The molecule has 70 heavy (non-hydrogen) atoms. The largest absolute Gasteiger partial charge is 0.495 e. The van der Waals surface area contributed by atoms with Crippen LogP contribution in [0.25, 0.3) is 10.8 Å². The van der Waals surface area contributed by atoms with Crippen molar-refractivity contribution < 1.29 is 33.3 Å². The summed E-state index contributed by atoms with van der Waals surface area (Å²) in [5.41, 5.74) is 11.6. The van der Waals surface area contributed by atoms with Gasteiger partial charge in [0.25, 0.3) is 17.7 Å². The summed E-state index contributed by atoms with van der Waals surface area (Å²) >= 11 is 0. The first-order valence-corrected chi connectivity index (χ1v) is 24.2. The van der Waals surface area contributed by atoms with E-state index in [1.165, 1.54) is 26.4 Å². The minimum atomic E-state index is -0.439. The third-order valence-electron chi connectivity index (χ3n) is 12.5. The van der Waals surface area contributed by atoms with E-state index in [0.717, 1.165) is 46.1 Å². The predicted molar refractivity (Wildman–Crippen MR) is 278 cm³/mol. The number of nitrogens with one attached hydrogen (secondary N) is 2. The summed E-state index contributed by atoms with van der Waals surface area (Å²) < 4.78 is 23.9. The molecule has 0 atom stereocenters. The van der Waals surface area contributed by atoms with Crippen LogP contribution in [0, 0.1) is 11.8 Å². The molecule has 3 amide bonds. The topological polar surface area (TPSA) is 141 Å². The molecule has 1 aliphatic carbocycles. The van der Waals surface area contributed by atoms with E-state index >= 15 is 0 Å². The first-order valence-electron chi connectivity index (χ1n) is 24.2. The number of amides is 3. The second-order valence-electron chi connectivity index (χ2n) is 18.4. The summed E-state index contributed by atoms with van der Waals surface area (Å²) in [4.78, 5) is 44.2. The minimum Gasteiger partial charge on any atom is -0.495 e. The van der Waals surface area contributed by atoms with Crippen LogP contribution in [0.15, 0.2) is 152 Å². The Bertz CT molecular complexity index is 2900. The molecule has 11 nitrogen and oxygen atoms in total.